The summed E-state index contributed by atoms with van der Waals surface area (Å²) in [6.07, 6.45) is 0.494. The molecule has 2 unspecified atom stereocenters. The molecule has 5 nitrogen and oxygen atoms in total. The molecule has 0 heterocycles. The van der Waals surface area contributed by atoms with Crippen molar-refractivity contribution in [3.8, 4) is 0 Å². The number of nitrogens with two attached hydrogens (primary N) is 1. The third kappa shape index (κ3) is 5.43. The van der Waals surface area contributed by atoms with Crippen LogP contribution in [0.5, 0.6) is 0 Å². The van der Waals surface area contributed by atoms with E-state index in [0.717, 1.165) is 22.3 Å². The lowest BCUT2D eigenvalue weighted by molar-refractivity contribution is -0.145. The zero-order chi connectivity index (χ0) is 19.1. The number of rotatable bonds is 7. The SMILES string of the molecule is COC(=O)C(CNC(=O)C(N)c1ccc(C)cc1)Cc1cccc(C)c1. The van der Waals surface area contributed by atoms with E-state index in [-0.39, 0.29) is 18.4 Å². The molecule has 0 radical (unpaired) electrons. The van der Waals surface area contributed by atoms with Gasteiger partial charge in [-0.1, -0.05) is 59.7 Å². The van der Waals surface area contributed by atoms with Crippen molar-refractivity contribution >= 4 is 11.9 Å². The highest BCUT2D eigenvalue weighted by Gasteiger charge is 2.23. The minimum absolute atomic E-state index is 0.180. The Morgan fingerprint density at radius 1 is 1.08 bits per heavy atom. The Balaban J connectivity index is 2.00. The number of ether oxygens (including phenoxy) is 1. The fraction of sp³-hybridized carbons (Fsp3) is 0.333. The number of esters is 1. The average Bonchev–Trinajstić information content (AvgIpc) is 2.64. The van der Waals surface area contributed by atoms with E-state index in [0.29, 0.717) is 6.42 Å². The molecular formula is C21H26N2O3. The normalized spacial score (nSPS) is 12.9. The van der Waals surface area contributed by atoms with Gasteiger partial charge >= 0.3 is 5.97 Å². The molecule has 0 aromatic heterocycles. The highest BCUT2D eigenvalue weighted by molar-refractivity contribution is 5.83. The van der Waals surface area contributed by atoms with Crippen molar-refractivity contribution in [1.82, 2.24) is 5.32 Å². The summed E-state index contributed by atoms with van der Waals surface area (Å²) in [7, 11) is 1.35. The molecule has 0 saturated carbocycles. The lowest BCUT2D eigenvalue weighted by atomic mass is 9.97. The van der Waals surface area contributed by atoms with Crippen LogP contribution in [0, 0.1) is 19.8 Å². The Kier molecular flexibility index (Phi) is 6.92. The van der Waals surface area contributed by atoms with Gasteiger partial charge in [-0.05, 0) is 31.4 Å². The van der Waals surface area contributed by atoms with Gasteiger partial charge in [0.25, 0.3) is 0 Å². The first-order valence-corrected chi connectivity index (χ1v) is 8.64. The largest absolute Gasteiger partial charge is 0.469 e. The van der Waals surface area contributed by atoms with Crippen LogP contribution in [0.1, 0.15) is 28.3 Å². The second-order valence-electron chi connectivity index (χ2n) is 6.55. The number of hydrogen-bond acceptors (Lipinski definition) is 4. The summed E-state index contributed by atoms with van der Waals surface area (Å²) >= 11 is 0. The molecule has 138 valence electrons. The van der Waals surface area contributed by atoms with Gasteiger partial charge in [-0.3, -0.25) is 9.59 Å². The maximum absolute atomic E-state index is 12.4. The molecule has 2 atom stereocenters. The third-order valence-electron chi connectivity index (χ3n) is 4.34. The van der Waals surface area contributed by atoms with E-state index >= 15 is 0 Å². The van der Waals surface area contributed by atoms with Crippen LogP contribution < -0.4 is 11.1 Å². The summed E-state index contributed by atoms with van der Waals surface area (Å²) < 4.78 is 4.88. The molecule has 3 N–H and O–H groups in total. The quantitative estimate of drug-likeness (QED) is 0.749. The molecule has 0 fully saturated rings. The van der Waals surface area contributed by atoms with E-state index in [1.165, 1.54) is 7.11 Å². The van der Waals surface area contributed by atoms with Gasteiger partial charge < -0.3 is 15.8 Å². The number of carbonyl (C=O) groups excluding carboxylic acids is 2. The Labute approximate surface area is 154 Å². The van der Waals surface area contributed by atoms with Gasteiger partial charge in [0.15, 0.2) is 0 Å². The Bertz CT molecular complexity index is 756. The molecule has 5 heteroatoms. The predicted octanol–water partition coefficient (Wildman–Crippen LogP) is 2.45. The van der Waals surface area contributed by atoms with E-state index in [4.69, 9.17) is 10.5 Å². The minimum Gasteiger partial charge on any atom is -0.469 e. The monoisotopic (exact) mass is 354 g/mol. The molecule has 0 aliphatic rings. The Hall–Kier alpha value is -2.66. The van der Waals surface area contributed by atoms with Crippen LogP contribution in [-0.4, -0.2) is 25.5 Å². The zero-order valence-corrected chi connectivity index (χ0v) is 15.5. The topological polar surface area (TPSA) is 81.4 Å². The summed E-state index contributed by atoms with van der Waals surface area (Å²) in [6, 6.07) is 14.7. The molecule has 0 aliphatic heterocycles. The Morgan fingerprint density at radius 2 is 1.77 bits per heavy atom. The van der Waals surface area contributed by atoms with Crippen molar-refractivity contribution in [1.29, 1.82) is 0 Å². The zero-order valence-electron chi connectivity index (χ0n) is 15.5. The molecule has 2 rings (SSSR count). The van der Waals surface area contributed by atoms with Gasteiger partial charge in [0.05, 0.1) is 13.0 Å². The molecule has 2 aromatic carbocycles. The fourth-order valence-corrected chi connectivity index (χ4v) is 2.79. The second-order valence-corrected chi connectivity index (χ2v) is 6.55. The van der Waals surface area contributed by atoms with Crippen LogP contribution in [-0.2, 0) is 20.7 Å². The first-order valence-electron chi connectivity index (χ1n) is 8.64. The predicted molar refractivity (Wildman–Crippen MR) is 102 cm³/mol. The molecule has 0 spiro atoms. The summed E-state index contributed by atoms with van der Waals surface area (Å²) in [5.74, 6) is -1.13. The van der Waals surface area contributed by atoms with E-state index in [1.54, 1.807) is 0 Å². The van der Waals surface area contributed by atoms with E-state index in [9.17, 15) is 9.59 Å². The molecule has 0 aliphatic carbocycles. The maximum atomic E-state index is 12.4. The lowest BCUT2D eigenvalue weighted by Crippen LogP contribution is -2.39. The van der Waals surface area contributed by atoms with Crippen molar-refractivity contribution in [2.75, 3.05) is 13.7 Å². The number of aryl methyl sites for hydroxylation is 2. The van der Waals surface area contributed by atoms with E-state index in [2.05, 4.69) is 5.32 Å². The van der Waals surface area contributed by atoms with Gasteiger partial charge in [-0.2, -0.15) is 0 Å². The molecule has 26 heavy (non-hydrogen) atoms. The smallest absolute Gasteiger partial charge is 0.310 e. The van der Waals surface area contributed by atoms with Crippen LogP contribution >= 0.6 is 0 Å². The fourth-order valence-electron chi connectivity index (χ4n) is 2.79. The van der Waals surface area contributed by atoms with Gasteiger partial charge in [-0.15, -0.1) is 0 Å². The molecule has 1 amide bonds. The van der Waals surface area contributed by atoms with Crippen molar-refractivity contribution in [2.24, 2.45) is 11.7 Å². The maximum Gasteiger partial charge on any atom is 0.310 e. The number of amides is 1. The standard InChI is InChI=1S/C21H26N2O3/c1-14-7-9-17(10-8-14)19(22)20(24)23-13-18(21(25)26-3)12-16-6-4-5-15(2)11-16/h4-11,18-19H,12-13,22H2,1-3H3,(H,23,24). The molecule has 0 bridgehead atoms. The lowest BCUT2D eigenvalue weighted by Gasteiger charge is -2.18. The Morgan fingerprint density at radius 3 is 2.38 bits per heavy atom. The van der Waals surface area contributed by atoms with Crippen LogP contribution in [0.25, 0.3) is 0 Å². The van der Waals surface area contributed by atoms with Crippen LogP contribution in [0.3, 0.4) is 0 Å². The third-order valence-corrected chi connectivity index (χ3v) is 4.34. The van der Waals surface area contributed by atoms with Crippen molar-refractivity contribution in [3.05, 3.63) is 70.8 Å². The van der Waals surface area contributed by atoms with Crippen LogP contribution in [0.2, 0.25) is 0 Å². The first-order chi connectivity index (χ1) is 12.4. The van der Waals surface area contributed by atoms with Crippen molar-refractivity contribution in [3.63, 3.8) is 0 Å². The highest BCUT2D eigenvalue weighted by atomic mass is 16.5. The van der Waals surface area contributed by atoms with Crippen molar-refractivity contribution < 1.29 is 14.3 Å². The summed E-state index contributed by atoms with van der Waals surface area (Å²) in [6.45, 7) is 4.15. The van der Waals surface area contributed by atoms with Crippen LogP contribution in [0.4, 0.5) is 0 Å². The highest BCUT2D eigenvalue weighted by Crippen LogP contribution is 2.14. The van der Waals surface area contributed by atoms with Gasteiger partial charge in [0, 0.05) is 6.54 Å². The van der Waals surface area contributed by atoms with E-state index in [1.807, 2.05) is 62.4 Å². The van der Waals surface area contributed by atoms with Crippen molar-refractivity contribution in [2.45, 2.75) is 26.3 Å². The van der Waals surface area contributed by atoms with Crippen LogP contribution in [0.15, 0.2) is 48.5 Å². The molecule has 2 aromatic rings. The van der Waals surface area contributed by atoms with E-state index < -0.39 is 12.0 Å². The molecule has 0 saturated heterocycles. The summed E-state index contributed by atoms with van der Waals surface area (Å²) in [5, 5.41) is 2.78. The summed E-state index contributed by atoms with van der Waals surface area (Å²) in [5.41, 5.74) is 10.0. The number of nitrogens with one attached hydrogen (secondary N) is 1. The second kappa shape index (κ2) is 9.15. The van der Waals surface area contributed by atoms with Gasteiger partial charge in [0.2, 0.25) is 5.91 Å². The number of hydrogen-bond donors (Lipinski definition) is 2. The minimum atomic E-state index is -0.770. The van der Waals surface area contributed by atoms with Gasteiger partial charge in [-0.25, -0.2) is 0 Å². The number of benzene rings is 2. The number of methoxy groups -OCH3 is 1. The number of carbonyl (C=O) groups is 2. The first kappa shape index (κ1) is 19.7. The summed E-state index contributed by atoms with van der Waals surface area (Å²) in [4.78, 5) is 24.4. The van der Waals surface area contributed by atoms with Gasteiger partial charge in [0.1, 0.15) is 6.04 Å². The molecular weight excluding hydrogens is 328 g/mol. The average molecular weight is 354 g/mol.